The summed E-state index contributed by atoms with van der Waals surface area (Å²) in [5.74, 6) is -0.0248. The van der Waals surface area contributed by atoms with Crippen molar-refractivity contribution < 1.29 is 14.5 Å². The molecule has 1 aliphatic heterocycles. The van der Waals surface area contributed by atoms with Crippen LogP contribution in [0.3, 0.4) is 0 Å². The summed E-state index contributed by atoms with van der Waals surface area (Å²) in [7, 11) is 0. The zero-order valence-corrected chi connectivity index (χ0v) is 14.7. The molecule has 2 heterocycles. The lowest BCUT2D eigenvalue weighted by Gasteiger charge is -2.33. The molecule has 0 spiro atoms. The van der Waals surface area contributed by atoms with Crippen molar-refractivity contribution in [3.63, 3.8) is 0 Å². The molecule has 0 N–H and O–H groups in total. The summed E-state index contributed by atoms with van der Waals surface area (Å²) in [6, 6.07) is 16.5. The summed E-state index contributed by atoms with van der Waals surface area (Å²) in [6.07, 6.45) is 1.59. The second-order valence-corrected chi connectivity index (χ2v) is 6.52. The van der Waals surface area contributed by atoms with E-state index in [9.17, 15) is 14.9 Å². The number of hydrogen-bond acceptors (Lipinski definition) is 4. The lowest BCUT2D eigenvalue weighted by atomic mass is 10.1. The molecule has 2 aromatic carbocycles. The van der Waals surface area contributed by atoms with E-state index in [4.69, 9.17) is 4.74 Å². The highest BCUT2D eigenvalue weighted by Crippen LogP contribution is 2.27. The van der Waals surface area contributed by atoms with Crippen LogP contribution in [0.15, 0.2) is 60.8 Å². The van der Waals surface area contributed by atoms with Crippen LogP contribution in [0.25, 0.3) is 10.9 Å². The molecule has 0 saturated carbocycles. The number of carbonyl (C=O) groups is 1. The summed E-state index contributed by atoms with van der Waals surface area (Å²) in [4.78, 5) is 25.4. The zero-order valence-electron chi connectivity index (χ0n) is 14.7. The third-order valence-corrected chi connectivity index (χ3v) is 4.88. The molecule has 0 unspecified atom stereocenters. The van der Waals surface area contributed by atoms with Gasteiger partial charge in [-0.15, -0.1) is 0 Å². The van der Waals surface area contributed by atoms with Crippen LogP contribution in [0, 0.1) is 10.1 Å². The SMILES string of the molecule is O=C(Cn1ccc2c([N+](=O)[O-])cccc21)N1CCO[C@@H](c2ccccc2)C1. The van der Waals surface area contributed by atoms with Gasteiger partial charge in [0.1, 0.15) is 12.6 Å². The number of amides is 1. The van der Waals surface area contributed by atoms with E-state index in [2.05, 4.69) is 0 Å². The number of nitro benzene ring substituents is 1. The fourth-order valence-electron chi connectivity index (χ4n) is 3.50. The Balaban J connectivity index is 1.52. The van der Waals surface area contributed by atoms with E-state index in [0.717, 1.165) is 5.56 Å². The van der Waals surface area contributed by atoms with Crippen LogP contribution in [0.5, 0.6) is 0 Å². The molecule has 1 atom stereocenters. The molecule has 0 aliphatic carbocycles. The van der Waals surface area contributed by atoms with Gasteiger partial charge in [0.15, 0.2) is 0 Å². The van der Waals surface area contributed by atoms with Crippen LogP contribution in [0.4, 0.5) is 5.69 Å². The van der Waals surface area contributed by atoms with Gasteiger partial charge < -0.3 is 14.2 Å². The molecule has 0 bridgehead atoms. The molecule has 27 heavy (non-hydrogen) atoms. The van der Waals surface area contributed by atoms with Crippen LogP contribution < -0.4 is 0 Å². The van der Waals surface area contributed by atoms with Crippen molar-refractivity contribution in [1.29, 1.82) is 0 Å². The number of aromatic nitrogens is 1. The maximum Gasteiger partial charge on any atom is 0.278 e. The summed E-state index contributed by atoms with van der Waals surface area (Å²) in [5, 5.41) is 11.7. The molecule has 7 heteroatoms. The van der Waals surface area contributed by atoms with Gasteiger partial charge >= 0.3 is 0 Å². The van der Waals surface area contributed by atoms with Gasteiger partial charge in [0.25, 0.3) is 5.69 Å². The highest BCUT2D eigenvalue weighted by molar-refractivity contribution is 5.90. The third-order valence-electron chi connectivity index (χ3n) is 4.88. The number of non-ortho nitro benzene ring substituents is 1. The van der Waals surface area contributed by atoms with E-state index in [1.165, 1.54) is 6.07 Å². The van der Waals surface area contributed by atoms with Gasteiger partial charge in [0.2, 0.25) is 5.91 Å². The maximum atomic E-state index is 12.8. The number of carbonyl (C=O) groups excluding carboxylic acids is 1. The van der Waals surface area contributed by atoms with Gasteiger partial charge in [-0.25, -0.2) is 0 Å². The van der Waals surface area contributed by atoms with Crippen molar-refractivity contribution in [2.75, 3.05) is 19.7 Å². The largest absolute Gasteiger partial charge is 0.370 e. The lowest BCUT2D eigenvalue weighted by molar-refractivity contribution is -0.383. The van der Waals surface area contributed by atoms with Crippen LogP contribution in [-0.4, -0.2) is 40.0 Å². The van der Waals surface area contributed by atoms with E-state index in [1.807, 2.05) is 30.3 Å². The zero-order chi connectivity index (χ0) is 18.8. The Kier molecular flexibility index (Phi) is 4.60. The average Bonchev–Trinajstić information content (AvgIpc) is 3.11. The molecule has 7 nitrogen and oxygen atoms in total. The minimum absolute atomic E-state index is 0.0248. The van der Waals surface area contributed by atoms with Gasteiger partial charge in [-0.3, -0.25) is 14.9 Å². The normalized spacial score (nSPS) is 17.2. The fourth-order valence-corrected chi connectivity index (χ4v) is 3.50. The molecule has 3 aromatic rings. The second kappa shape index (κ2) is 7.20. The van der Waals surface area contributed by atoms with E-state index >= 15 is 0 Å². The molecule has 1 saturated heterocycles. The first-order valence-corrected chi connectivity index (χ1v) is 8.80. The monoisotopic (exact) mass is 365 g/mol. The molecule has 1 aromatic heterocycles. The summed E-state index contributed by atoms with van der Waals surface area (Å²) >= 11 is 0. The predicted molar refractivity (Wildman–Crippen MR) is 100 cm³/mol. The number of morpholine rings is 1. The minimum atomic E-state index is -0.402. The van der Waals surface area contributed by atoms with Gasteiger partial charge in [0.05, 0.1) is 29.0 Å². The summed E-state index contributed by atoms with van der Waals surface area (Å²) < 4.78 is 7.58. The molecular weight excluding hydrogens is 346 g/mol. The number of fused-ring (bicyclic) bond motifs is 1. The van der Waals surface area contributed by atoms with Crippen LogP contribution >= 0.6 is 0 Å². The Hall–Kier alpha value is -3.19. The molecule has 1 fully saturated rings. The molecule has 1 aliphatic rings. The van der Waals surface area contributed by atoms with Gasteiger partial charge in [0, 0.05) is 18.8 Å². The first kappa shape index (κ1) is 17.2. The van der Waals surface area contributed by atoms with Crippen molar-refractivity contribution in [3.8, 4) is 0 Å². The Labute approximate surface area is 155 Å². The van der Waals surface area contributed by atoms with Crippen LogP contribution in [0.1, 0.15) is 11.7 Å². The topological polar surface area (TPSA) is 77.6 Å². The molecular formula is C20H19N3O4. The van der Waals surface area contributed by atoms with E-state index in [-0.39, 0.29) is 24.2 Å². The first-order valence-electron chi connectivity index (χ1n) is 8.80. The Morgan fingerprint density at radius 3 is 2.74 bits per heavy atom. The number of benzene rings is 2. The first-order chi connectivity index (χ1) is 13.1. The quantitative estimate of drug-likeness (QED) is 0.526. The van der Waals surface area contributed by atoms with Crippen molar-refractivity contribution in [2.24, 2.45) is 0 Å². The molecule has 0 radical (unpaired) electrons. The highest BCUT2D eigenvalue weighted by atomic mass is 16.6. The fraction of sp³-hybridized carbons (Fsp3) is 0.250. The Bertz CT molecular complexity index is 983. The number of hydrogen-bond donors (Lipinski definition) is 0. The maximum absolute atomic E-state index is 12.8. The highest BCUT2D eigenvalue weighted by Gasteiger charge is 2.26. The van der Waals surface area contributed by atoms with Gasteiger partial charge in [-0.05, 0) is 17.7 Å². The molecule has 1 amide bonds. The summed E-state index contributed by atoms with van der Waals surface area (Å²) in [6.45, 7) is 1.68. The standard InChI is InChI=1S/C20H19N3O4/c24-20(22-11-12-27-19(13-22)15-5-2-1-3-6-15)14-21-10-9-16-17(21)7-4-8-18(16)23(25)26/h1-10,19H,11-14H2/t19-/m1/s1. The van der Waals surface area contributed by atoms with E-state index in [1.54, 1.807) is 33.9 Å². The smallest absolute Gasteiger partial charge is 0.278 e. The Morgan fingerprint density at radius 1 is 1.15 bits per heavy atom. The van der Waals surface area contributed by atoms with E-state index in [0.29, 0.717) is 30.6 Å². The number of nitrogens with zero attached hydrogens (tertiary/aromatic N) is 3. The molecule has 4 rings (SSSR count). The minimum Gasteiger partial charge on any atom is -0.370 e. The summed E-state index contributed by atoms with van der Waals surface area (Å²) in [5.41, 5.74) is 1.79. The predicted octanol–water partition coefficient (Wildman–Crippen LogP) is 3.15. The van der Waals surface area contributed by atoms with Gasteiger partial charge in [-0.1, -0.05) is 36.4 Å². The lowest BCUT2D eigenvalue weighted by Crippen LogP contribution is -2.43. The second-order valence-electron chi connectivity index (χ2n) is 6.52. The van der Waals surface area contributed by atoms with Crippen LogP contribution in [0.2, 0.25) is 0 Å². The van der Waals surface area contributed by atoms with Crippen LogP contribution in [-0.2, 0) is 16.1 Å². The van der Waals surface area contributed by atoms with E-state index < -0.39 is 4.92 Å². The number of rotatable bonds is 4. The molecule has 138 valence electrons. The average molecular weight is 365 g/mol. The van der Waals surface area contributed by atoms with Crippen molar-refractivity contribution in [1.82, 2.24) is 9.47 Å². The van der Waals surface area contributed by atoms with Crippen molar-refractivity contribution in [2.45, 2.75) is 12.6 Å². The van der Waals surface area contributed by atoms with Gasteiger partial charge in [-0.2, -0.15) is 0 Å². The van der Waals surface area contributed by atoms with Crippen molar-refractivity contribution >= 4 is 22.5 Å². The number of nitro groups is 1. The number of ether oxygens (including phenoxy) is 1. The Morgan fingerprint density at radius 2 is 1.96 bits per heavy atom. The third kappa shape index (κ3) is 3.41. The van der Waals surface area contributed by atoms with Crippen molar-refractivity contribution in [3.05, 3.63) is 76.5 Å².